The van der Waals surface area contributed by atoms with Crippen LogP contribution in [0, 0.1) is 19.8 Å². The number of halogens is 1. The maximum atomic E-state index is 12.8. The van der Waals surface area contributed by atoms with Crippen molar-refractivity contribution < 1.29 is 14.3 Å². The SMILES string of the molecule is COc1ccc([C@@H](CC(C)C)NC(=O)[C@H](C)Oc2cc(C)c(Cl)c(C)c2)cc1. The van der Waals surface area contributed by atoms with Gasteiger partial charge < -0.3 is 14.8 Å². The summed E-state index contributed by atoms with van der Waals surface area (Å²) in [6.45, 7) is 9.89. The first-order valence-corrected chi connectivity index (χ1v) is 9.96. The largest absolute Gasteiger partial charge is 0.497 e. The van der Waals surface area contributed by atoms with Crippen LogP contribution in [0.4, 0.5) is 0 Å². The highest BCUT2D eigenvalue weighted by Gasteiger charge is 2.21. The summed E-state index contributed by atoms with van der Waals surface area (Å²) in [7, 11) is 1.64. The van der Waals surface area contributed by atoms with Gasteiger partial charge in [-0.2, -0.15) is 0 Å². The lowest BCUT2D eigenvalue weighted by molar-refractivity contribution is -0.128. The van der Waals surface area contributed by atoms with Crippen molar-refractivity contribution in [2.45, 2.75) is 53.2 Å². The van der Waals surface area contributed by atoms with Gasteiger partial charge in [0.2, 0.25) is 0 Å². The second-order valence-electron chi connectivity index (χ2n) is 7.60. The molecule has 0 unspecified atom stereocenters. The van der Waals surface area contributed by atoms with E-state index < -0.39 is 6.10 Å². The van der Waals surface area contributed by atoms with Crippen LogP contribution >= 0.6 is 11.6 Å². The quantitative estimate of drug-likeness (QED) is 0.620. The Hall–Kier alpha value is -2.20. The molecule has 2 atom stereocenters. The van der Waals surface area contributed by atoms with Gasteiger partial charge in [-0.15, -0.1) is 0 Å². The fourth-order valence-electron chi connectivity index (χ4n) is 3.11. The normalized spacial score (nSPS) is 13.1. The van der Waals surface area contributed by atoms with Gasteiger partial charge in [0.1, 0.15) is 11.5 Å². The zero-order valence-electron chi connectivity index (χ0n) is 17.5. The summed E-state index contributed by atoms with van der Waals surface area (Å²) in [5.74, 6) is 1.73. The van der Waals surface area contributed by atoms with Crippen LogP contribution in [-0.4, -0.2) is 19.1 Å². The Bertz CT molecular complexity index is 779. The molecule has 0 aliphatic heterocycles. The number of nitrogens with one attached hydrogen (secondary N) is 1. The Morgan fingerprint density at radius 2 is 1.61 bits per heavy atom. The minimum absolute atomic E-state index is 0.0850. The van der Waals surface area contributed by atoms with Crippen molar-refractivity contribution in [1.82, 2.24) is 5.32 Å². The molecule has 5 heteroatoms. The second kappa shape index (κ2) is 9.83. The smallest absolute Gasteiger partial charge is 0.261 e. The van der Waals surface area contributed by atoms with Gasteiger partial charge >= 0.3 is 0 Å². The Morgan fingerprint density at radius 1 is 1.04 bits per heavy atom. The molecule has 2 aromatic carbocycles. The monoisotopic (exact) mass is 403 g/mol. The number of ether oxygens (including phenoxy) is 2. The van der Waals surface area contributed by atoms with E-state index >= 15 is 0 Å². The number of hydrogen-bond acceptors (Lipinski definition) is 3. The molecule has 0 saturated heterocycles. The van der Waals surface area contributed by atoms with Gasteiger partial charge in [0.25, 0.3) is 5.91 Å². The van der Waals surface area contributed by atoms with Crippen LogP contribution in [-0.2, 0) is 4.79 Å². The zero-order chi connectivity index (χ0) is 20.8. The molecule has 2 rings (SSSR count). The molecular weight excluding hydrogens is 374 g/mol. The zero-order valence-corrected chi connectivity index (χ0v) is 18.3. The molecule has 0 aliphatic rings. The van der Waals surface area contributed by atoms with E-state index in [0.29, 0.717) is 11.7 Å². The maximum absolute atomic E-state index is 12.8. The van der Waals surface area contributed by atoms with Gasteiger partial charge in [0.05, 0.1) is 13.2 Å². The molecular formula is C23H30ClNO3. The van der Waals surface area contributed by atoms with Crippen LogP contribution < -0.4 is 14.8 Å². The van der Waals surface area contributed by atoms with Gasteiger partial charge in [-0.3, -0.25) is 4.79 Å². The third-order valence-electron chi connectivity index (χ3n) is 4.63. The summed E-state index contributed by atoms with van der Waals surface area (Å²) in [6, 6.07) is 11.4. The van der Waals surface area contributed by atoms with E-state index in [9.17, 15) is 4.79 Å². The highest BCUT2D eigenvalue weighted by Crippen LogP contribution is 2.27. The average molecular weight is 404 g/mol. The number of carbonyl (C=O) groups is 1. The van der Waals surface area contributed by atoms with Crippen LogP contribution in [0.2, 0.25) is 5.02 Å². The minimum Gasteiger partial charge on any atom is -0.497 e. The standard InChI is InChI=1S/C23H30ClNO3/c1-14(2)11-21(18-7-9-19(27-6)10-8-18)25-23(26)17(5)28-20-12-15(3)22(24)16(4)13-20/h7-10,12-14,17,21H,11H2,1-6H3,(H,25,26)/t17-,21+/m0/s1. The predicted molar refractivity (Wildman–Crippen MR) is 114 cm³/mol. The van der Waals surface area contributed by atoms with Gasteiger partial charge in [-0.1, -0.05) is 37.6 Å². The van der Waals surface area contributed by atoms with E-state index in [1.165, 1.54) is 0 Å². The number of amides is 1. The first-order chi connectivity index (χ1) is 13.2. The van der Waals surface area contributed by atoms with Crippen molar-refractivity contribution in [3.05, 3.63) is 58.1 Å². The fourth-order valence-corrected chi connectivity index (χ4v) is 3.22. The molecule has 28 heavy (non-hydrogen) atoms. The third kappa shape index (κ3) is 5.90. The van der Waals surface area contributed by atoms with Crippen molar-refractivity contribution in [2.24, 2.45) is 5.92 Å². The van der Waals surface area contributed by atoms with E-state index in [2.05, 4.69) is 19.2 Å². The summed E-state index contributed by atoms with van der Waals surface area (Å²) in [6.07, 6.45) is 0.220. The van der Waals surface area contributed by atoms with Crippen LogP contribution in [0.25, 0.3) is 0 Å². The average Bonchev–Trinajstić information content (AvgIpc) is 2.65. The minimum atomic E-state index is -0.618. The Labute approximate surface area is 173 Å². The molecule has 2 aromatic rings. The van der Waals surface area contributed by atoms with Gasteiger partial charge in [-0.05, 0) is 74.1 Å². The molecule has 0 heterocycles. The van der Waals surface area contributed by atoms with Gasteiger partial charge in [0.15, 0.2) is 6.10 Å². The number of methoxy groups -OCH3 is 1. The molecule has 0 bridgehead atoms. The van der Waals surface area contributed by atoms with Crippen LogP contribution in [0.5, 0.6) is 11.5 Å². The molecule has 0 saturated carbocycles. The van der Waals surface area contributed by atoms with Gasteiger partial charge in [0, 0.05) is 5.02 Å². The number of aryl methyl sites for hydroxylation is 2. The van der Waals surface area contributed by atoms with Crippen LogP contribution in [0.3, 0.4) is 0 Å². The Morgan fingerprint density at radius 3 is 2.11 bits per heavy atom. The summed E-state index contributed by atoms with van der Waals surface area (Å²) in [5.41, 5.74) is 2.91. The van der Waals surface area contributed by atoms with Crippen molar-refractivity contribution in [2.75, 3.05) is 7.11 Å². The number of carbonyl (C=O) groups excluding carboxylic acids is 1. The highest BCUT2D eigenvalue weighted by atomic mass is 35.5. The Balaban J connectivity index is 2.11. The molecule has 4 nitrogen and oxygen atoms in total. The lowest BCUT2D eigenvalue weighted by Gasteiger charge is -2.24. The first kappa shape index (κ1) is 22.1. The molecule has 0 fully saturated rings. The molecule has 152 valence electrons. The molecule has 1 amide bonds. The first-order valence-electron chi connectivity index (χ1n) is 9.59. The topological polar surface area (TPSA) is 47.6 Å². The summed E-state index contributed by atoms with van der Waals surface area (Å²) in [4.78, 5) is 12.8. The van der Waals surface area contributed by atoms with Crippen LogP contribution in [0.15, 0.2) is 36.4 Å². The Kier molecular flexibility index (Phi) is 7.76. The summed E-state index contributed by atoms with van der Waals surface area (Å²) < 4.78 is 11.1. The highest BCUT2D eigenvalue weighted by molar-refractivity contribution is 6.32. The van der Waals surface area contributed by atoms with E-state index in [4.69, 9.17) is 21.1 Å². The molecule has 0 radical (unpaired) electrons. The van der Waals surface area contributed by atoms with Gasteiger partial charge in [-0.25, -0.2) is 0 Å². The second-order valence-corrected chi connectivity index (χ2v) is 7.97. The molecule has 1 N–H and O–H groups in total. The fraction of sp³-hybridized carbons (Fsp3) is 0.435. The van der Waals surface area contributed by atoms with Crippen molar-refractivity contribution >= 4 is 17.5 Å². The van der Waals surface area contributed by atoms with E-state index in [0.717, 1.165) is 33.9 Å². The molecule has 0 aromatic heterocycles. The van der Waals surface area contributed by atoms with E-state index in [1.807, 2.05) is 50.2 Å². The summed E-state index contributed by atoms with van der Waals surface area (Å²) in [5, 5.41) is 3.86. The van der Waals surface area contributed by atoms with Crippen molar-refractivity contribution in [1.29, 1.82) is 0 Å². The lowest BCUT2D eigenvalue weighted by Crippen LogP contribution is -2.39. The van der Waals surface area contributed by atoms with Crippen molar-refractivity contribution in [3.8, 4) is 11.5 Å². The lowest BCUT2D eigenvalue weighted by atomic mass is 9.96. The summed E-state index contributed by atoms with van der Waals surface area (Å²) >= 11 is 6.21. The number of benzene rings is 2. The molecule has 0 aliphatic carbocycles. The van der Waals surface area contributed by atoms with Crippen LogP contribution in [0.1, 0.15) is 49.9 Å². The van der Waals surface area contributed by atoms with Crippen molar-refractivity contribution in [3.63, 3.8) is 0 Å². The number of hydrogen-bond donors (Lipinski definition) is 1. The van der Waals surface area contributed by atoms with E-state index in [-0.39, 0.29) is 11.9 Å². The number of rotatable bonds is 8. The molecule has 0 spiro atoms. The van der Waals surface area contributed by atoms with E-state index in [1.54, 1.807) is 14.0 Å². The maximum Gasteiger partial charge on any atom is 0.261 e. The third-order valence-corrected chi connectivity index (χ3v) is 5.23. The predicted octanol–water partition coefficient (Wildman–Crippen LogP) is 5.64.